The maximum Gasteiger partial charge on any atom is 0.306 e. The van der Waals surface area contributed by atoms with Crippen molar-refractivity contribution in [2.24, 2.45) is 5.92 Å². The van der Waals surface area contributed by atoms with Crippen molar-refractivity contribution in [3.05, 3.63) is 90.0 Å². The third-order valence-electron chi connectivity index (χ3n) is 5.61. The van der Waals surface area contributed by atoms with Crippen molar-refractivity contribution in [1.29, 1.82) is 0 Å². The first-order valence-electron chi connectivity index (χ1n) is 11.1. The van der Waals surface area contributed by atoms with Gasteiger partial charge in [-0.3, -0.25) is 4.79 Å². The third kappa shape index (κ3) is 5.55. The van der Waals surface area contributed by atoms with E-state index in [1.54, 1.807) is 0 Å². The van der Waals surface area contributed by atoms with Crippen LogP contribution >= 0.6 is 0 Å². The van der Waals surface area contributed by atoms with E-state index in [0.717, 1.165) is 19.5 Å². The molecular formula is C28H31NO2. The fourth-order valence-corrected chi connectivity index (χ4v) is 4.36. The molecule has 31 heavy (non-hydrogen) atoms. The summed E-state index contributed by atoms with van der Waals surface area (Å²) >= 11 is 0. The van der Waals surface area contributed by atoms with Crippen LogP contribution in [0.2, 0.25) is 0 Å². The molecule has 0 aromatic heterocycles. The summed E-state index contributed by atoms with van der Waals surface area (Å²) in [5, 5.41) is 0. The zero-order valence-electron chi connectivity index (χ0n) is 18.7. The van der Waals surface area contributed by atoms with Crippen molar-refractivity contribution in [3.8, 4) is 11.1 Å². The molecule has 0 amide bonds. The molecule has 0 spiro atoms. The number of anilines is 1. The van der Waals surface area contributed by atoms with Crippen molar-refractivity contribution in [3.63, 3.8) is 0 Å². The Morgan fingerprint density at radius 2 is 1.61 bits per heavy atom. The van der Waals surface area contributed by atoms with Crippen LogP contribution in [-0.2, 0) is 22.5 Å². The van der Waals surface area contributed by atoms with Gasteiger partial charge in [0, 0.05) is 18.8 Å². The van der Waals surface area contributed by atoms with Crippen LogP contribution in [0.3, 0.4) is 0 Å². The van der Waals surface area contributed by atoms with E-state index in [1.165, 1.54) is 27.9 Å². The number of fused-ring (bicyclic) bond motifs is 1. The van der Waals surface area contributed by atoms with Crippen molar-refractivity contribution in [1.82, 2.24) is 0 Å². The predicted octanol–water partition coefficient (Wildman–Crippen LogP) is 6.26. The maximum absolute atomic E-state index is 12.6. The van der Waals surface area contributed by atoms with Crippen LogP contribution in [0.5, 0.6) is 0 Å². The Kier molecular flexibility index (Phi) is 6.13. The molecule has 0 N–H and O–H groups in total. The van der Waals surface area contributed by atoms with Crippen LogP contribution in [0.15, 0.2) is 78.9 Å². The molecule has 1 unspecified atom stereocenters. The summed E-state index contributed by atoms with van der Waals surface area (Å²) in [6.45, 7) is 7.47. The lowest BCUT2D eigenvalue weighted by Crippen LogP contribution is -2.37. The van der Waals surface area contributed by atoms with Gasteiger partial charge in [0.05, 0.1) is 6.42 Å². The van der Waals surface area contributed by atoms with Crippen LogP contribution in [0.25, 0.3) is 11.1 Å². The molecule has 4 rings (SSSR count). The van der Waals surface area contributed by atoms with Crippen LogP contribution in [0.4, 0.5) is 5.69 Å². The number of carbonyl (C=O) groups is 1. The molecule has 3 aromatic carbocycles. The van der Waals surface area contributed by atoms with E-state index in [1.807, 2.05) is 32.9 Å². The Morgan fingerprint density at radius 3 is 2.29 bits per heavy atom. The number of ether oxygens (including phenoxy) is 1. The molecule has 3 heteroatoms. The molecule has 1 heterocycles. The highest BCUT2D eigenvalue weighted by Crippen LogP contribution is 2.35. The molecule has 1 aliphatic rings. The Bertz CT molecular complexity index is 1020. The zero-order valence-corrected chi connectivity index (χ0v) is 18.7. The van der Waals surface area contributed by atoms with Gasteiger partial charge in [-0.2, -0.15) is 0 Å². The number of hydrogen-bond donors (Lipinski definition) is 0. The van der Waals surface area contributed by atoms with Crippen molar-refractivity contribution < 1.29 is 9.53 Å². The Labute approximate surface area is 185 Å². The standard InChI is InChI=1S/C28H31NO2/c1-28(2,3)31-27(30)17-22-16-25-18-24(23-12-8-5-9-13-23)14-15-26(25)29(20-22)19-21-10-6-4-7-11-21/h4-15,18,22H,16-17,19-20H2,1-3H3. The lowest BCUT2D eigenvalue weighted by atomic mass is 9.88. The number of nitrogens with zero attached hydrogens (tertiary/aromatic N) is 1. The largest absolute Gasteiger partial charge is 0.460 e. The number of rotatable bonds is 5. The first kappa shape index (κ1) is 21.2. The predicted molar refractivity (Wildman–Crippen MR) is 127 cm³/mol. The molecule has 0 saturated carbocycles. The van der Waals surface area contributed by atoms with Gasteiger partial charge >= 0.3 is 5.97 Å². The average molecular weight is 414 g/mol. The quantitative estimate of drug-likeness (QED) is 0.462. The highest BCUT2D eigenvalue weighted by Gasteiger charge is 2.28. The second-order valence-electron chi connectivity index (χ2n) is 9.44. The normalized spacial score (nSPS) is 16.0. The minimum Gasteiger partial charge on any atom is -0.460 e. The second-order valence-corrected chi connectivity index (χ2v) is 9.44. The summed E-state index contributed by atoms with van der Waals surface area (Å²) in [6.07, 6.45) is 1.33. The van der Waals surface area contributed by atoms with Crippen LogP contribution in [0, 0.1) is 5.92 Å². The molecule has 0 saturated heterocycles. The van der Waals surface area contributed by atoms with Gasteiger partial charge in [0.1, 0.15) is 5.60 Å². The Balaban J connectivity index is 1.62. The molecule has 3 aromatic rings. The van der Waals surface area contributed by atoms with E-state index < -0.39 is 5.60 Å². The molecule has 1 aliphatic heterocycles. The summed E-state index contributed by atoms with van der Waals surface area (Å²) in [7, 11) is 0. The smallest absolute Gasteiger partial charge is 0.306 e. The summed E-state index contributed by atoms with van der Waals surface area (Å²) < 4.78 is 5.62. The van der Waals surface area contributed by atoms with Gasteiger partial charge in [0.2, 0.25) is 0 Å². The monoisotopic (exact) mass is 413 g/mol. The van der Waals surface area contributed by atoms with Crippen molar-refractivity contribution in [2.45, 2.75) is 45.8 Å². The molecular weight excluding hydrogens is 382 g/mol. The highest BCUT2D eigenvalue weighted by molar-refractivity contribution is 5.72. The fraction of sp³-hybridized carbons (Fsp3) is 0.321. The van der Waals surface area contributed by atoms with E-state index in [-0.39, 0.29) is 11.9 Å². The zero-order chi connectivity index (χ0) is 21.8. The van der Waals surface area contributed by atoms with E-state index in [9.17, 15) is 4.79 Å². The van der Waals surface area contributed by atoms with Crippen LogP contribution in [0.1, 0.15) is 38.3 Å². The third-order valence-corrected chi connectivity index (χ3v) is 5.61. The van der Waals surface area contributed by atoms with Gasteiger partial charge in [-0.15, -0.1) is 0 Å². The van der Waals surface area contributed by atoms with Crippen molar-refractivity contribution in [2.75, 3.05) is 11.4 Å². The number of hydrogen-bond acceptors (Lipinski definition) is 3. The highest BCUT2D eigenvalue weighted by atomic mass is 16.6. The van der Waals surface area contributed by atoms with Gasteiger partial charge < -0.3 is 9.64 Å². The van der Waals surface area contributed by atoms with Crippen LogP contribution < -0.4 is 4.90 Å². The van der Waals surface area contributed by atoms with E-state index >= 15 is 0 Å². The summed E-state index contributed by atoms with van der Waals surface area (Å²) in [6, 6.07) is 27.7. The molecule has 0 fully saturated rings. The molecule has 160 valence electrons. The SMILES string of the molecule is CC(C)(C)OC(=O)CC1Cc2cc(-c3ccccc3)ccc2N(Cc2ccccc2)C1. The minimum atomic E-state index is -0.451. The van der Waals surface area contributed by atoms with Gasteiger partial charge in [0.25, 0.3) is 0 Å². The van der Waals surface area contributed by atoms with Crippen molar-refractivity contribution >= 4 is 11.7 Å². The Morgan fingerprint density at radius 1 is 0.935 bits per heavy atom. The molecule has 3 nitrogen and oxygen atoms in total. The van der Waals surface area contributed by atoms with E-state index in [0.29, 0.717) is 6.42 Å². The number of benzene rings is 3. The lowest BCUT2D eigenvalue weighted by Gasteiger charge is -2.36. The topological polar surface area (TPSA) is 29.5 Å². The second kappa shape index (κ2) is 8.97. The molecule has 0 radical (unpaired) electrons. The lowest BCUT2D eigenvalue weighted by molar-refractivity contribution is -0.155. The maximum atomic E-state index is 12.6. The molecule has 0 bridgehead atoms. The van der Waals surface area contributed by atoms with Gasteiger partial charge in [-0.25, -0.2) is 0 Å². The minimum absolute atomic E-state index is 0.111. The average Bonchev–Trinajstić information content (AvgIpc) is 2.73. The molecule has 1 atom stereocenters. The first-order chi connectivity index (χ1) is 14.9. The fourth-order valence-electron chi connectivity index (χ4n) is 4.36. The Hall–Kier alpha value is -3.07. The first-order valence-corrected chi connectivity index (χ1v) is 11.1. The number of esters is 1. The van der Waals surface area contributed by atoms with Crippen LogP contribution in [-0.4, -0.2) is 18.1 Å². The summed E-state index contributed by atoms with van der Waals surface area (Å²) in [5.74, 6) is 0.122. The summed E-state index contributed by atoms with van der Waals surface area (Å²) in [5.41, 5.74) is 5.83. The van der Waals surface area contributed by atoms with E-state index in [4.69, 9.17) is 4.74 Å². The van der Waals surface area contributed by atoms with Gasteiger partial charge in [-0.05, 0) is 67.5 Å². The summed E-state index contributed by atoms with van der Waals surface area (Å²) in [4.78, 5) is 15.0. The van der Waals surface area contributed by atoms with Gasteiger partial charge in [0.15, 0.2) is 0 Å². The van der Waals surface area contributed by atoms with Gasteiger partial charge in [-0.1, -0.05) is 66.7 Å². The molecule has 0 aliphatic carbocycles. The van der Waals surface area contributed by atoms with E-state index in [2.05, 4.69) is 71.6 Å². The number of carbonyl (C=O) groups excluding carboxylic acids is 1.